The Kier molecular flexibility index (Phi) is 3.06. The van der Waals surface area contributed by atoms with Gasteiger partial charge in [-0.25, -0.2) is 9.31 Å². The summed E-state index contributed by atoms with van der Waals surface area (Å²) in [5.74, 6) is -1.09. The SMILES string of the molecule is COC(=O)c1cc(-c2cc3c(N)c(C(N)=O)cnn3c2)c[nH]1. The van der Waals surface area contributed by atoms with Gasteiger partial charge in [-0.2, -0.15) is 5.10 Å². The molecule has 0 radical (unpaired) electrons. The van der Waals surface area contributed by atoms with Crippen molar-refractivity contribution in [3.8, 4) is 11.1 Å². The normalized spacial score (nSPS) is 10.8. The van der Waals surface area contributed by atoms with Crippen molar-refractivity contribution in [2.45, 2.75) is 0 Å². The van der Waals surface area contributed by atoms with Crippen molar-refractivity contribution in [2.75, 3.05) is 12.8 Å². The van der Waals surface area contributed by atoms with E-state index in [9.17, 15) is 9.59 Å². The maximum Gasteiger partial charge on any atom is 0.354 e. The summed E-state index contributed by atoms with van der Waals surface area (Å²) in [4.78, 5) is 25.6. The zero-order valence-electron chi connectivity index (χ0n) is 11.7. The molecule has 0 saturated carbocycles. The van der Waals surface area contributed by atoms with Gasteiger partial charge in [-0.1, -0.05) is 0 Å². The second kappa shape index (κ2) is 4.92. The third kappa shape index (κ3) is 2.06. The lowest BCUT2D eigenvalue weighted by Gasteiger charge is -2.02. The van der Waals surface area contributed by atoms with E-state index in [1.165, 1.54) is 13.3 Å². The number of aromatic amines is 1. The van der Waals surface area contributed by atoms with Gasteiger partial charge in [0, 0.05) is 23.5 Å². The van der Waals surface area contributed by atoms with E-state index in [1.807, 2.05) is 0 Å². The first-order valence-corrected chi connectivity index (χ1v) is 6.35. The van der Waals surface area contributed by atoms with Gasteiger partial charge in [0.25, 0.3) is 5.91 Å². The molecule has 0 aliphatic carbocycles. The maximum absolute atomic E-state index is 11.5. The minimum Gasteiger partial charge on any atom is -0.464 e. The highest BCUT2D eigenvalue weighted by Crippen LogP contribution is 2.27. The molecule has 0 fully saturated rings. The fourth-order valence-corrected chi connectivity index (χ4v) is 2.22. The number of esters is 1. The molecule has 0 unspecified atom stereocenters. The van der Waals surface area contributed by atoms with Crippen LogP contribution in [0.3, 0.4) is 0 Å². The number of carbonyl (C=O) groups is 2. The highest BCUT2D eigenvalue weighted by Gasteiger charge is 2.14. The summed E-state index contributed by atoms with van der Waals surface area (Å²) in [6.07, 6.45) is 4.73. The molecule has 112 valence electrons. The number of carbonyl (C=O) groups excluding carboxylic acids is 2. The Bertz CT molecular complexity index is 893. The maximum atomic E-state index is 11.5. The lowest BCUT2D eigenvalue weighted by Crippen LogP contribution is -2.15. The van der Waals surface area contributed by atoms with Crippen LogP contribution < -0.4 is 11.5 Å². The number of nitrogens with one attached hydrogen (secondary N) is 1. The molecule has 3 rings (SSSR count). The number of nitrogens with two attached hydrogens (primary N) is 2. The van der Waals surface area contributed by atoms with Crippen LogP contribution in [0.4, 0.5) is 5.69 Å². The fraction of sp³-hybridized carbons (Fsp3) is 0.0714. The van der Waals surface area contributed by atoms with Crippen LogP contribution in [0.15, 0.2) is 30.7 Å². The second-order valence-electron chi connectivity index (χ2n) is 4.69. The number of aromatic nitrogens is 3. The Labute approximate surface area is 124 Å². The number of primary amides is 1. The third-order valence-corrected chi connectivity index (χ3v) is 3.36. The van der Waals surface area contributed by atoms with Gasteiger partial charge in [0.15, 0.2) is 0 Å². The standard InChI is InChI=1S/C14H13N5O3/c1-22-14(21)10-2-7(4-17-10)8-3-11-12(15)9(13(16)20)5-18-19(11)6-8/h2-6,17H,15H2,1H3,(H2,16,20). The zero-order valence-corrected chi connectivity index (χ0v) is 11.7. The highest BCUT2D eigenvalue weighted by molar-refractivity contribution is 6.01. The highest BCUT2D eigenvalue weighted by atomic mass is 16.5. The fourth-order valence-electron chi connectivity index (χ4n) is 2.22. The average Bonchev–Trinajstić information content (AvgIpc) is 3.13. The molecule has 0 saturated heterocycles. The molecule has 0 aliphatic heterocycles. The Hall–Kier alpha value is -3.29. The first kappa shape index (κ1) is 13.7. The molecule has 0 aliphatic rings. The van der Waals surface area contributed by atoms with Gasteiger partial charge in [-0.15, -0.1) is 0 Å². The molecular formula is C14H13N5O3. The van der Waals surface area contributed by atoms with Crippen molar-refractivity contribution in [3.63, 3.8) is 0 Å². The van der Waals surface area contributed by atoms with Gasteiger partial charge < -0.3 is 21.2 Å². The molecule has 3 heterocycles. The molecule has 0 atom stereocenters. The van der Waals surface area contributed by atoms with Crippen molar-refractivity contribution in [2.24, 2.45) is 5.73 Å². The van der Waals surface area contributed by atoms with Gasteiger partial charge in [-0.05, 0) is 12.1 Å². The van der Waals surface area contributed by atoms with Crippen molar-refractivity contribution >= 4 is 23.1 Å². The lowest BCUT2D eigenvalue weighted by atomic mass is 10.1. The minimum atomic E-state index is -0.634. The monoisotopic (exact) mass is 299 g/mol. The smallest absolute Gasteiger partial charge is 0.354 e. The molecule has 8 heteroatoms. The number of nitrogen functional groups attached to an aromatic ring is 1. The van der Waals surface area contributed by atoms with Crippen LogP contribution in [-0.4, -0.2) is 33.6 Å². The quantitative estimate of drug-likeness (QED) is 0.616. The number of hydrogen-bond acceptors (Lipinski definition) is 5. The number of fused-ring (bicyclic) bond motifs is 1. The Morgan fingerprint density at radius 2 is 2.09 bits per heavy atom. The van der Waals surface area contributed by atoms with Crippen LogP contribution in [-0.2, 0) is 4.74 Å². The summed E-state index contributed by atoms with van der Waals surface area (Å²) in [5, 5.41) is 4.10. The molecule has 0 bridgehead atoms. The molecule has 0 spiro atoms. The van der Waals surface area contributed by atoms with Gasteiger partial charge in [0.1, 0.15) is 5.69 Å². The average molecular weight is 299 g/mol. The van der Waals surface area contributed by atoms with Crippen LogP contribution in [0, 0.1) is 0 Å². The molecule has 8 nitrogen and oxygen atoms in total. The summed E-state index contributed by atoms with van der Waals surface area (Å²) in [6, 6.07) is 3.42. The van der Waals surface area contributed by atoms with E-state index >= 15 is 0 Å². The predicted octanol–water partition coefficient (Wildman–Crippen LogP) is 0.797. The minimum absolute atomic E-state index is 0.168. The summed E-state index contributed by atoms with van der Waals surface area (Å²) >= 11 is 0. The molecule has 1 amide bonds. The summed E-state index contributed by atoms with van der Waals surface area (Å²) in [7, 11) is 1.31. The number of methoxy groups -OCH3 is 1. The van der Waals surface area contributed by atoms with Gasteiger partial charge >= 0.3 is 5.97 Å². The Morgan fingerprint density at radius 3 is 2.77 bits per heavy atom. The summed E-state index contributed by atoms with van der Waals surface area (Å²) in [6.45, 7) is 0. The van der Waals surface area contributed by atoms with Gasteiger partial charge in [0.05, 0.1) is 30.1 Å². The Morgan fingerprint density at radius 1 is 1.32 bits per heavy atom. The number of nitrogens with zero attached hydrogens (tertiary/aromatic N) is 2. The van der Waals surface area contributed by atoms with E-state index in [4.69, 9.17) is 11.5 Å². The van der Waals surface area contributed by atoms with E-state index in [1.54, 1.807) is 29.0 Å². The number of ether oxygens (including phenoxy) is 1. The summed E-state index contributed by atoms with van der Waals surface area (Å²) in [5.41, 5.74) is 14.1. The van der Waals surface area contributed by atoms with E-state index in [-0.39, 0.29) is 11.3 Å². The zero-order chi connectivity index (χ0) is 15.9. The molecular weight excluding hydrogens is 286 g/mol. The Balaban J connectivity index is 2.09. The first-order chi connectivity index (χ1) is 10.5. The second-order valence-corrected chi connectivity index (χ2v) is 4.69. The van der Waals surface area contributed by atoms with Gasteiger partial charge in [-0.3, -0.25) is 4.79 Å². The van der Waals surface area contributed by atoms with Crippen molar-refractivity contribution in [3.05, 3.63) is 42.0 Å². The number of amides is 1. The van der Waals surface area contributed by atoms with Crippen LogP contribution in [0.25, 0.3) is 16.6 Å². The van der Waals surface area contributed by atoms with Crippen molar-refractivity contribution in [1.82, 2.24) is 14.6 Å². The summed E-state index contributed by atoms with van der Waals surface area (Å²) < 4.78 is 6.19. The van der Waals surface area contributed by atoms with E-state index in [0.717, 1.165) is 11.1 Å². The van der Waals surface area contributed by atoms with E-state index < -0.39 is 11.9 Å². The van der Waals surface area contributed by atoms with Gasteiger partial charge in [0.2, 0.25) is 0 Å². The molecule has 0 aromatic carbocycles. The number of H-pyrrole nitrogens is 1. The van der Waals surface area contributed by atoms with Crippen molar-refractivity contribution < 1.29 is 14.3 Å². The number of rotatable bonds is 3. The number of hydrogen-bond donors (Lipinski definition) is 3. The number of anilines is 1. The third-order valence-electron chi connectivity index (χ3n) is 3.36. The van der Waals surface area contributed by atoms with Crippen LogP contribution in [0.5, 0.6) is 0 Å². The van der Waals surface area contributed by atoms with Crippen LogP contribution in [0.1, 0.15) is 20.8 Å². The largest absolute Gasteiger partial charge is 0.464 e. The molecule has 22 heavy (non-hydrogen) atoms. The van der Waals surface area contributed by atoms with Crippen LogP contribution >= 0.6 is 0 Å². The lowest BCUT2D eigenvalue weighted by molar-refractivity contribution is 0.0594. The van der Waals surface area contributed by atoms with Crippen LogP contribution in [0.2, 0.25) is 0 Å². The topological polar surface area (TPSA) is 128 Å². The molecule has 3 aromatic rings. The van der Waals surface area contributed by atoms with E-state index in [2.05, 4.69) is 14.8 Å². The molecule has 3 aromatic heterocycles. The predicted molar refractivity (Wildman–Crippen MR) is 79.2 cm³/mol. The first-order valence-electron chi connectivity index (χ1n) is 6.35. The van der Waals surface area contributed by atoms with E-state index in [0.29, 0.717) is 11.2 Å². The van der Waals surface area contributed by atoms with Crippen molar-refractivity contribution in [1.29, 1.82) is 0 Å². The molecule has 5 N–H and O–H groups in total.